The topological polar surface area (TPSA) is 49.3 Å². The highest BCUT2D eigenvalue weighted by Crippen LogP contribution is 2.08. The van der Waals surface area contributed by atoms with Crippen LogP contribution in [0.3, 0.4) is 0 Å². The molecule has 0 aliphatic heterocycles. The first-order chi connectivity index (χ1) is 5.24. The van der Waals surface area contributed by atoms with Crippen LogP contribution >= 0.6 is 0 Å². The molecule has 0 aromatic heterocycles. The first kappa shape index (κ1) is 7.75. The lowest BCUT2D eigenvalue weighted by atomic mass is 10.1. The number of benzene rings is 1. The molecule has 1 rings (SSSR count). The van der Waals surface area contributed by atoms with Gasteiger partial charge in [0.2, 0.25) is 0 Å². The summed E-state index contributed by atoms with van der Waals surface area (Å²) >= 11 is 0. The van der Waals surface area contributed by atoms with Crippen LogP contribution in [0.15, 0.2) is 24.3 Å². The van der Waals surface area contributed by atoms with Gasteiger partial charge in [-0.2, -0.15) is 0 Å². The minimum absolute atomic E-state index is 0.0227. The average molecular weight is 151 g/mol. The van der Waals surface area contributed by atoms with E-state index in [1.807, 2.05) is 5.48 Å². The van der Waals surface area contributed by atoms with E-state index in [0.717, 1.165) is 0 Å². The average Bonchev–Trinajstić information content (AvgIpc) is 2.05. The Balaban J connectivity index is 2.91. The maximum atomic E-state index is 10.8. The van der Waals surface area contributed by atoms with Crippen molar-refractivity contribution in [3.63, 3.8) is 0 Å². The zero-order valence-electron chi connectivity index (χ0n) is 6.16. The van der Waals surface area contributed by atoms with Crippen molar-refractivity contribution in [2.45, 2.75) is 6.92 Å². The van der Waals surface area contributed by atoms with Gasteiger partial charge in [-0.1, -0.05) is 0 Å². The van der Waals surface area contributed by atoms with Crippen LogP contribution in [0.2, 0.25) is 0 Å². The van der Waals surface area contributed by atoms with Crippen molar-refractivity contribution in [1.82, 2.24) is 0 Å². The van der Waals surface area contributed by atoms with Crippen molar-refractivity contribution in [3.05, 3.63) is 29.8 Å². The standard InChI is InChI=1S/C8H9NO2/c1-6(10)7-2-4-8(9-11)5-3-7/h2-5,9,11H,1H3. The summed E-state index contributed by atoms with van der Waals surface area (Å²) in [7, 11) is 0. The van der Waals surface area contributed by atoms with E-state index in [4.69, 9.17) is 5.21 Å². The molecular weight excluding hydrogens is 142 g/mol. The van der Waals surface area contributed by atoms with Gasteiger partial charge in [0.05, 0.1) is 5.69 Å². The Bertz CT molecular complexity index is 253. The quantitative estimate of drug-likeness (QED) is 0.499. The Morgan fingerprint density at radius 3 is 2.27 bits per heavy atom. The molecule has 11 heavy (non-hydrogen) atoms. The van der Waals surface area contributed by atoms with E-state index >= 15 is 0 Å². The van der Waals surface area contributed by atoms with Crippen molar-refractivity contribution >= 4 is 11.5 Å². The van der Waals surface area contributed by atoms with Crippen LogP contribution in [0.1, 0.15) is 17.3 Å². The van der Waals surface area contributed by atoms with Gasteiger partial charge in [0.15, 0.2) is 5.78 Å². The van der Waals surface area contributed by atoms with E-state index in [1.54, 1.807) is 24.3 Å². The van der Waals surface area contributed by atoms with Crippen LogP contribution in [0.5, 0.6) is 0 Å². The van der Waals surface area contributed by atoms with Gasteiger partial charge < -0.3 is 0 Å². The van der Waals surface area contributed by atoms with Crippen LogP contribution in [0.4, 0.5) is 5.69 Å². The summed E-state index contributed by atoms with van der Waals surface area (Å²) in [6.07, 6.45) is 0. The summed E-state index contributed by atoms with van der Waals surface area (Å²) in [4.78, 5) is 10.8. The molecule has 0 saturated heterocycles. The molecule has 0 heterocycles. The molecule has 0 bridgehead atoms. The molecule has 3 nitrogen and oxygen atoms in total. The second-order valence-corrected chi connectivity index (χ2v) is 2.25. The Labute approximate surface area is 64.6 Å². The SMILES string of the molecule is CC(=O)c1ccc(NO)cc1. The van der Waals surface area contributed by atoms with E-state index in [2.05, 4.69) is 0 Å². The van der Waals surface area contributed by atoms with E-state index in [1.165, 1.54) is 6.92 Å². The zero-order valence-corrected chi connectivity index (χ0v) is 6.16. The lowest BCUT2D eigenvalue weighted by molar-refractivity contribution is 0.101. The largest absolute Gasteiger partial charge is 0.295 e. The Hall–Kier alpha value is -1.35. The minimum atomic E-state index is 0.0227. The first-order valence-corrected chi connectivity index (χ1v) is 3.25. The van der Waals surface area contributed by atoms with Crippen molar-refractivity contribution in [2.24, 2.45) is 0 Å². The third-order valence-corrected chi connectivity index (χ3v) is 1.42. The molecule has 0 atom stereocenters. The van der Waals surface area contributed by atoms with Gasteiger partial charge in [0.1, 0.15) is 0 Å². The van der Waals surface area contributed by atoms with Gasteiger partial charge in [-0.05, 0) is 31.2 Å². The third kappa shape index (κ3) is 1.78. The molecule has 1 aromatic carbocycles. The number of ketones is 1. The smallest absolute Gasteiger partial charge is 0.159 e. The summed E-state index contributed by atoms with van der Waals surface area (Å²) in [5, 5.41) is 8.43. The molecule has 0 unspecified atom stereocenters. The monoisotopic (exact) mass is 151 g/mol. The molecule has 3 heteroatoms. The summed E-state index contributed by atoms with van der Waals surface area (Å²) in [6, 6.07) is 6.58. The van der Waals surface area contributed by atoms with E-state index < -0.39 is 0 Å². The maximum absolute atomic E-state index is 10.8. The summed E-state index contributed by atoms with van der Waals surface area (Å²) in [5.41, 5.74) is 3.20. The second-order valence-electron chi connectivity index (χ2n) is 2.25. The number of hydrogen-bond acceptors (Lipinski definition) is 3. The van der Waals surface area contributed by atoms with E-state index in [9.17, 15) is 4.79 Å². The Kier molecular flexibility index (Phi) is 2.23. The van der Waals surface area contributed by atoms with Gasteiger partial charge in [-0.25, -0.2) is 0 Å². The number of nitrogens with one attached hydrogen (secondary N) is 1. The Morgan fingerprint density at radius 1 is 1.36 bits per heavy atom. The van der Waals surface area contributed by atoms with Gasteiger partial charge in [0.25, 0.3) is 0 Å². The third-order valence-electron chi connectivity index (χ3n) is 1.42. The van der Waals surface area contributed by atoms with Gasteiger partial charge in [-0.3, -0.25) is 15.5 Å². The minimum Gasteiger partial charge on any atom is -0.295 e. The highest BCUT2D eigenvalue weighted by molar-refractivity contribution is 5.94. The first-order valence-electron chi connectivity index (χ1n) is 3.25. The molecule has 1 aromatic rings. The summed E-state index contributed by atoms with van der Waals surface area (Å²) < 4.78 is 0. The molecule has 0 amide bonds. The van der Waals surface area contributed by atoms with Crippen LogP contribution in [0, 0.1) is 0 Å². The highest BCUT2D eigenvalue weighted by Gasteiger charge is 1.96. The molecule has 0 aliphatic carbocycles. The van der Waals surface area contributed by atoms with Crippen molar-refractivity contribution in [3.8, 4) is 0 Å². The number of anilines is 1. The summed E-state index contributed by atoms with van der Waals surface area (Å²) in [6.45, 7) is 1.50. The van der Waals surface area contributed by atoms with Crippen LogP contribution in [0.25, 0.3) is 0 Å². The number of carbonyl (C=O) groups is 1. The summed E-state index contributed by atoms with van der Waals surface area (Å²) in [5.74, 6) is 0.0227. The molecule has 2 N–H and O–H groups in total. The molecule has 0 spiro atoms. The molecule has 0 radical (unpaired) electrons. The maximum Gasteiger partial charge on any atom is 0.159 e. The van der Waals surface area contributed by atoms with Crippen molar-refractivity contribution in [2.75, 3.05) is 5.48 Å². The number of carbonyl (C=O) groups excluding carboxylic acids is 1. The van der Waals surface area contributed by atoms with Crippen molar-refractivity contribution in [1.29, 1.82) is 0 Å². The number of hydrogen-bond donors (Lipinski definition) is 2. The molecule has 0 saturated carbocycles. The normalized spacial score (nSPS) is 9.27. The van der Waals surface area contributed by atoms with Crippen LogP contribution in [-0.4, -0.2) is 11.0 Å². The van der Waals surface area contributed by atoms with Crippen LogP contribution in [-0.2, 0) is 0 Å². The molecule has 58 valence electrons. The number of Topliss-reactive ketones (excluding diaryl/α,β-unsaturated/α-hetero) is 1. The lowest BCUT2D eigenvalue weighted by Gasteiger charge is -1.98. The second kappa shape index (κ2) is 3.16. The fraction of sp³-hybridized carbons (Fsp3) is 0.125. The zero-order chi connectivity index (χ0) is 8.27. The molecule has 0 fully saturated rings. The van der Waals surface area contributed by atoms with Gasteiger partial charge in [0, 0.05) is 5.56 Å². The fourth-order valence-electron chi connectivity index (χ4n) is 0.779. The van der Waals surface area contributed by atoms with Crippen LogP contribution < -0.4 is 5.48 Å². The predicted octanol–water partition coefficient (Wildman–Crippen LogP) is 1.69. The fourth-order valence-corrected chi connectivity index (χ4v) is 0.779. The van der Waals surface area contributed by atoms with Gasteiger partial charge >= 0.3 is 0 Å². The van der Waals surface area contributed by atoms with Gasteiger partial charge in [-0.15, -0.1) is 0 Å². The Morgan fingerprint density at radius 2 is 1.91 bits per heavy atom. The highest BCUT2D eigenvalue weighted by atomic mass is 16.5. The van der Waals surface area contributed by atoms with E-state index in [-0.39, 0.29) is 5.78 Å². The number of rotatable bonds is 2. The predicted molar refractivity (Wildman–Crippen MR) is 41.9 cm³/mol. The molecule has 0 aliphatic rings. The molecular formula is C8H9NO2. The van der Waals surface area contributed by atoms with E-state index in [0.29, 0.717) is 11.3 Å². The van der Waals surface area contributed by atoms with Crippen molar-refractivity contribution < 1.29 is 10.0 Å². The lowest BCUT2D eigenvalue weighted by Crippen LogP contribution is -1.93.